The van der Waals surface area contributed by atoms with E-state index in [1.54, 1.807) is 43.3 Å². The van der Waals surface area contributed by atoms with Crippen LogP contribution in [0.4, 0.5) is 0 Å². The van der Waals surface area contributed by atoms with Crippen LogP contribution in [0.1, 0.15) is 55.9 Å². The number of carboxylic acid groups (broad SMARTS) is 1. The first-order valence-electron chi connectivity index (χ1n) is 8.72. The van der Waals surface area contributed by atoms with E-state index in [1.807, 2.05) is 13.8 Å². The average molecular weight is 342 g/mol. The third kappa shape index (κ3) is 3.63. The predicted octanol–water partition coefficient (Wildman–Crippen LogP) is 4.39. The molecule has 0 saturated carbocycles. The topological polar surface area (TPSA) is 77.8 Å². The molecule has 0 fully saturated rings. The quantitative estimate of drug-likeness (QED) is 0.697. The summed E-state index contributed by atoms with van der Waals surface area (Å²) in [7, 11) is 0. The maximum atomic E-state index is 12.2. The maximum Gasteiger partial charge on any atom is 0.318 e. The third-order valence-corrected chi connectivity index (χ3v) is 4.78. The molecule has 0 atom stereocenters. The molecule has 0 bridgehead atoms. The number of benzene rings is 2. The van der Waals surface area contributed by atoms with E-state index in [4.69, 9.17) is 0 Å². The van der Waals surface area contributed by atoms with Gasteiger partial charge in [-0.05, 0) is 54.2 Å². The zero-order valence-corrected chi connectivity index (χ0v) is 15.0. The van der Waals surface area contributed by atoms with Crippen LogP contribution in [0.2, 0.25) is 0 Å². The second-order valence-corrected chi connectivity index (χ2v) is 6.62. The van der Waals surface area contributed by atoms with Gasteiger partial charge in [0.15, 0.2) is 0 Å². The Balaban J connectivity index is 2.61. The molecule has 4 nitrogen and oxygen atoms in total. The van der Waals surface area contributed by atoms with E-state index in [9.17, 15) is 20.1 Å². The summed E-state index contributed by atoms with van der Waals surface area (Å²) >= 11 is 0. The van der Waals surface area contributed by atoms with E-state index in [2.05, 4.69) is 0 Å². The molecule has 0 amide bonds. The highest BCUT2D eigenvalue weighted by atomic mass is 16.4. The van der Waals surface area contributed by atoms with Crippen LogP contribution in [0.3, 0.4) is 0 Å². The Morgan fingerprint density at radius 1 is 0.880 bits per heavy atom. The Bertz CT molecular complexity index is 709. The molecule has 0 heterocycles. The Morgan fingerprint density at radius 2 is 1.28 bits per heavy atom. The van der Waals surface area contributed by atoms with E-state index in [0.29, 0.717) is 24.0 Å². The van der Waals surface area contributed by atoms with Crippen LogP contribution in [-0.2, 0) is 23.1 Å². The van der Waals surface area contributed by atoms with Crippen LogP contribution in [0.15, 0.2) is 36.4 Å². The molecule has 3 N–H and O–H groups in total. The number of carbonyl (C=O) groups is 1. The number of phenolic OH excluding ortho intramolecular Hbond substituents is 2. The fourth-order valence-corrected chi connectivity index (χ4v) is 3.15. The van der Waals surface area contributed by atoms with Crippen molar-refractivity contribution in [1.82, 2.24) is 0 Å². The molecular formula is C21H26O4. The Kier molecular flexibility index (Phi) is 5.73. The third-order valence-electron chi connectivity index (χ3n) is 4.78. The van der Waals surface area contributed by atoms with Crippen LogP contribution in [0.5, 0.6) is 11.5 Å². The second-order valence-electron chi connectivity index (χ2n) is 6.62. The number of carboxylic acids is 1. The summed E-state index contributed by atoms with van der Waals surface area (Å²) in [5.74, 6) is -0.583. The van der Waals surface area contributed by atoms with E-state index >= 15 is 0 Å². The number of aryl methyl sites for hydroxylation is 2. The van der Waals surface area contributed by atoms with Crippen LogP contribution in [-0.4, -0.2) is 21.3 Å². The largest absolute Gasteiger partial charge is 0.508 e. The lowest BCUT2D eigenvalue weighted by molar-refractivity contribution is -0.141. The lowest BCUT2D eigenvalue weighted by Crippen LogP contribution is -2.34. The molecule has 0 saturated heterocycles. The smallest absolute Gasteiger partial charge is 0.318 e. The number of hydrogen-bond acceptors (Lipinski definition) is 3. The van der Waals surface area contributed by atoms with Gasteiger partial charge in [0, 0.05) is 0 Å². The van der Waals surface area contributed by atoms with Crippen LogP contribution in [0.25, 0.3) is 0 Å². The minimum atomic E-state index is -1.26. The van der Waals surface area contributed by atoms with Gasteiger partial charge in [-0.1, -0.05) is 51.0 Å². The summed E-state index contributed by atoms with van der Waals surface area (Å²) in [6.45, 7) is 5.69. The highest BCUT2D eigenvalue weighted by Crippen LogP contribution is 2.37. The second kappa shape index (κ2) is 7.60. The Morgan fingerprint density at radius 3 is 1.60 bits per heavy atom. The van der Waals surface area contributed by atoms with Gasteiger partial charge in [0.1, 0.15) is 16.9 Å². The Labute approximate surface area is 148 Å². The van der Waals surface area contributed by atoms with E-state index in [-0.39, 0.29) is 11.5 Å². The van der Waals surface area contributed by atoms with Crippen molar-refractivity contribution in [2.45, 2.75) is 51.9 Å². The van der Waals surface area contributed by atoms with Crippen molar-refractivity contribution in [1.29, 1.82) is 0 Å². The molecule has 25 heavy (non-hydrogen) atoms. The molecule has 2 aromatic carbocycles. The summed E-state index contributed by atoms with van der Waals surface area (Å²) in [5, 5.41) is 30.0. The molecule has 0 aliphatic carbocycles. The summed E-state index contributed by atoms with van der Waals surface area (Å²) < 4.78 is 0. The van der Waals surface area contributed by atoms with Gasteiger partial charge in [0.2, 0.25) is 0 Å². The molecule has 2 rings (SSSR count). The molecule has 4 heteroatoms. The van der Waals surface area contributed by atoms with Crippen LogP contribution < -0.4 is 0 Å². The maximum absolute atomic E-state index is 12.2. The Hall–Kier alpha value is -2.49. The summed E-state index contributed by atoms with van der Waals surface area (Å²) in [5.41, 5.74) is 1.48. The SMILES string of the molecule is CCCc1cc(C(C)(C(=O)O)c2ccc(O)c(CCC)c2)ccc1O. The van der Waals surface area contributed by atoms with Crippen molar-refractivity contribution in [2.24, 2.45) is 0 Å². The highest BCUT2D eigenvalue weighted by Gasteiger charge is 2.38. The van der Waals surface area contributed by atoms with Gasteiger partial charge in [0.05, 0.1) is 0 Å². The molecule has 0 aliphatic heterocycles. The standard InChI is InChI=1S/C21H26O4/c1-4-6-14-12-16(8-10-18(14)22)21(3,20(24)25)17-9-11-19(23)15(13-17)7-5-2/h8-13,22-23H,4-7H2,1-3H3,(H,24,25). The van der Waals surface area contributed by atoms with Gasteiger partial charge in [0.25, 0.3) is 0 Å². The van der Waals surface area contributed by atoms with E-state index < -0.39 is 11.4 Å². The fourth-order valence-electron chi connectivity index (χ4n) is 3.15. The molecule has 0 unspecified atom stereocenters. The molecule has 0 aromatic heterocycles. The fraction of sp³-hybridized carbons (Fsp3) is 0.381. The van der Waals surface area contributed by atoms with E-state index in [1.165, 1.54) is 0 Å². The van der Waals surface area contributed by atoms with Gasteiger partial charge in [-0.3, -0.25) is 4.79 Å². The monoisotopic (exact) mass is 342 g/mol. The van der Waals surface area contributed by atoms with Crippen molar-refractivity contribution in [2.75, 3.05) is 0 Å². The minimum absolute atomic E-state index is 0.190. The van der Waals surface area contributed by atoms with Gasteiger partial charge >= 0.3 is 5.97 Å². The summed E-state index contributed by atoms with van der Waals surface area (Å²) in [6, 6.07) is 10.0. The lowest BCUT2D eigenvalue weighted by atomic mass is 9.75. The van der Waals surface area contributed by atoms with Crippen molar-refractivity contribution in [3.63, 3.8) is 0 Å². The summed E-state index contributed by atoms with van der Waals surface area (Å²) in [6.07, 6.45) is 3.10. The van der Waals surface area contributed by atoms with Gasteiger partial charge < -0.3 is 15.3 Å². The number of phenols is 2. The lowest BCUT2D eigenvalue weighted by Gasteiger charge is -2.27. The van der Waals surface area contributed by atoms with Crippen molar-refractivity contribution < 1.29 is 20.1 Å². The predicted molar refractivity (Wildman–Crippen MR) is 98.3 cm³/mol. The van der Waals surface area contributed by atoms with Crippen molar-refractivity contribution in [3.05, 3.63) is 58.7 Å². The molecule has 2 aromatic rings. The number of hydrogen-bond donors (Lipinski definition) is 3. The summed E-state index contributed by atoms with van der Waals surface area (Å²) in [4.78, 5) is 12.2. The zero-order chi connectivity index (χ0) is 18.6. The number of aliphatic carboxylic acids is 1. The van der Waals surface area contributed by atoms with Crippen molar-refractivity contribution >= 4 is 5.97 Å². The number of aromatic hydroxyl groups is 2. The number of rotatable bonds is 7. The minimum Gasteiger partial charge on any atom is -0.508 e. The first kappa shape index (κ1) is 18.8. The first-order chi connectivity index (χ1) is 11.8. The molecule has 0 aliphatic rings. The van der Waals surface area contributed by atoms with Crippen LogP contribution in [0, 0.1) is 0 Å². The van der Waals surface area contributed by atoms with Gasteiger partial charge in [-0.2, -0.15) is 0 Å². The molecule has 0 spiro atoms. The van der Waals surface area contributed by atoms with E-state index in [0.717, 1.165) is 24.0 Å². The van der Waals surface area contributed by atoms with Gasteiger partial charge in [-0.15, -0.1) is 0 Å². The zero-order valence-electron chi connectivity index (χ0n) is 15.0. The average Bonchev–Trinajstić information content (AvgIpc) is 2.58. The normalized spacial score (nSPS) is 11.5. The first-order valence-corrected chi connectivity index (χ1v) is 8.72. The van der Waals surface area contributed by atoms with Gasteiger partial charge in [-0.25, -0.2) is 0 Å². The van der Waals surface area contributed by atoms with Crippen LogP contribution >= 0.6 is 0 Å². The molecular weight excluding hydrogens is 316 g/mol. The molecule has 0 radical (unpaired) electrons. The molecule has 134 valence electrons. The highest BCUT2D eigenvalue weighted by molar-refractivity contribution is 5.86. The van der Waals surface area contributed by atoms with Crippen molar-refractivity contribution in [3.8, 4) is 11.5 Å².